The van der Waals surface area contributed by atoms with Gasteiger partial charge in [-0.1, -0.05) is 17.7 Å². The maximum atomic E-state index is 12.8. The second-order valence-electron chi connectivity index (χ2n) is 1.89. The summed E-state index contributed by atoms with van der Waals surface area (Å²) in [6.45, 7) is 0. The predicted molar refractivity (Wildman–Crippen MR) is 50.5 cm³/mol. The van der Waals surface area contributed by atoms with Crippen LogP contribution in [0.15, 0.2) is 12.2 Å². The number of hydrogen-bond donors (Lipinski definition) is 0. The van der Waals surface area contributed by atoms with Gasteiger partial charge in [0.15, 0.2) is 0 Å². The highest BCUT2D eigenvalue weighted by atomic mass is 79.9. The average molecular weight is 283 g/mol. The Bertz CT molecular complexity index is 167. The molecule has 0 aromatic carbocycles. The monoisotopic (exact) mass is 281 g/mol. The molecule has 1 unspecified atom stereocenters. The van der Waals surface area contributed by atoms with Gasteiger partial charge in [0.25, 0.3) is 5.13 Å². The van der Waals surface area contributed by atoms with E-state index in [1.165, 1.54) is 6.08 Å². The summed E-state index contributed by atoms with van der Waals surface area (Å²) in [6.07, 6.45) is 5.16. The van der Waals surface area contributed by atoms with Crippen LogP contribution < -0.4 is 0 Å². The lowest BCUT2D eigenvalue weighted by molar-refractivity contribution is 0.0218. The van der Waals surface area contributed by atoms with Crippen molar-refractivity contribution >= 4 is 39.3 Å². The molecule has 0 fully saturated rings. The zero-order chi connectivity index (χ0) is 9.83. The first-order valence-electron chi connectivity index (χ1n) is 2.80. The lowest BCUT2D eigenvalue weighted by Gasteiger charge is -2.18. The van der Waals surface area contributed by atoms with Gasteiger partial charge in [0.05, 0.1) is 0 Å². The Morgan fingerprint density at radius 1 is 1.50 bits per heavy atom. The van der Waals surface area contributed by atoms with Crippen molar-refractivity contribution in [2.45, 2.75) is 9.96 Å². The van der Waals surface area contributed by atoms with Gasteiger partial charge in [0, 0.05) is 12.0 Å². The summed E-state index contributed by atoms with van der Waals surface area (Å²) in [5.74, 6) is 0.335. The Morgan fingerprint density at radius 3 is 2.33 bits per heavy atom. The third-order valence-electron chi connectivity index (χ3n) is 0.919. The Labute approximate surface area is 86.7 Å². The van der Waals surface area contributed by atoms with E-state index in [0.717, 1.165) is 11.8 Å². The highest BCUT2D eigenvalue weighted by Crippen LogP contribution is 2.42. The van der Waals surface area contributed by atoms with Crippen LogP contribution in [-0.4, -0.2) is 15.7 Å². The first-order valence-corrected chi connectivity index (χ1v) is 5.13. The van der Waals surface area contributed by atoms with Crippen molar-refractivity contribution in [1.82, 2.24) is 0 Å². The number of alkyl halides is 5. The molecule has 12 heavy (non-hydrogen) atoms. The normalized spacial score (nSPS) is 18.2. The molecule has 0 aliphatic heterocycles. The fourth-order valence-corrected chi connectivity index (χ4v) is 0.812. The molecule has 1 atom stereocenters. The summed E-state index contributed by atoms with van der Waals surface area (Å²) in [5.41, 5.74) is 0. The Kier molecular flexibility index (Phi) is 5.02. The van der Waals surface area contributed by atoms with Gasteiger partial charge in [-0.05, 0) is 22.0 Å². The van der Waals surface area contributed by atoms with Crippen LogP contribution >= 0.6 is 39.3 Å². The maximum absolute atomic E-state index is 12.8. The van der Waals surface area contributed by atoms with Crippen LogP contribution in [0.5, 0.6) is 0 Å². The number of thioether (sulfide) groups is 1. The fraction of sp³-hybridized carbons (Fsp3) is 0.500. The predicted octanol–water partition coefficient (Wildman–Crippen LogP) is 3.96. The van der Waals surface area contributed by atoms with Gasteiger partial charge in [-0.3, -0.25) is 0 Å². The summed E-state index contributed by atoms with van der Waals surface area (Å²) in [7, 11) is 0. The van der Waals surface area contributed by atoms with E-state index in [-0.39, 0.29) is 0 Å². The zero-order valence-corrected chi connectivity index (χ0v) is 9.03. The minimum atomic E-state index is -3.76. The fourth-order valence-electron chi connectivity index (χ4n) is 0.359. The zero-order valence-electron chi connectivity index (χ0n) is 5.87. The van der Waals surface area contributed by atoms with Crippen LogP contribution in [-0.2, 0) is 0 Å². The second kappa shape index (κ2) is 4.77. The summed E-state index contributed by atoms with van der Waals surface area (Å²) >= 11 is 7.84. The van der Waals surface area contributed by atoms with Crippen LogP contribution in [0.25, 0.3) is 0 Å². The van der Waals surface area contributed by atoms with Crippen LogP contribution in [0.1, 0.15) is 0 Å². The minimum Gasteiger partial charge on any atom is -0.214 e. The van der Waals surface area contributed by atoms with E-state index in [4.69, 9.17) is 11.6 Å². The van der Waals surface area contributed by atoms with Gasteiger partial charge in [-0.2, -0.15) is 20.5 Å². The number of hydrogen-bond acceptors (Lipinski definition) is 1. The summed E-state index contributed by atoms with van der Waals surface area (Å²) in [4.78, 5) is -3.76. The van der Waals surface area contributed by atoms with E-state index in [0.29, 0.717) is 11.8 Å². The smallest absolute Gasteiger partial charge is 0.214 e. The van der Waals surface area contributed by atoms with Crippen molar-refractivity contribution < 1.29 is 13.2 Å². The van der Waals surface area contributed by atoms with E-state index >= 15 is 0 Å². The van der Waals surface area contributed by atoms with Gasteiger partial charge in [-0.15, -0.1) is 0 Å². The minimum absolute atomic E-state index is 0.335. The lowest BCUT2D eigenvalue weighted by Crippen LogP contribution is -2.31. The Morgan fingerprint density at radius 2 is 2.00 bits per heavy atom. The summed E-state index contributed by atoms with van der Waals surface area (Å²) < 4.78 is 37.3. The quantitative estimate of drug-likeness (QED) is 0.555. The highest BCUT2D eigenvalue weighted by molar-refractivity contribution is 9.10. The van der Waals surface area contributed by atoms with E-state index in [1.807, 2.05) is 15.9 Å². The molecule has 0 heterocycles. The van der Waals surface area contributed by atoms with E-state index in [9.17, 15) is 13.2 Å². The van der Waals surface area contributed by atoms with Crippen LogP contribution in [0.3, 0.4) is 0 Å². The van der Waals surface area contributed by atoms with Crippen LogP contribution in [0.4, 0.5) is 13.2 Å². The van der Waals surface area contributed by atoms with E-state index in [2.05, 4.69) is 6.26 Å². The molecule has 0 spiro atoms. The van der Waals surface area contributed by atoms with Crippen molar-refractivity contribution in [3.63, 3.8) is 0 Å². The molecule has 0 aromatic heterocycles. The van der Waals surface area contributed by atoms with Gasteiger partial charge < -0.3 is 0 Å². The molecule has 1 radical (unpaired) electrons. The molecule has 0 amide bonds. The standard InChI is InChI=1S/C6H6BrClF3S/c1-12-4-2-3-5(8,9)6(7,10)11/h2-3H,1,4H2. The van der Waals surface area contributed by atoms with Crippen molar-refractivity contribution in [2.24, 2.45) is 0 Å². The van der Waals surface area contributed by atoms with Gasteiger partial charge in [0.2, 0.25) is 0 Å². The van der Waals surface area contributed by atoms with E-state index < -0.39 is 9.96 Å². The van der Waals surface area contributed by atoms with Crippen molar-refractivity contribution in [3.8, 4) is 0 Å². The molecule has 0 aromatic rings. The van der Waals surface area contributed by atoms with Crippen molar-refractivity contribution in [1.29, 1.82) is 0 Å². The van der Waals surface area contributed by atoms with Crippen LogP contribution in [0.2, 0.25) is 0 Å². The molecule has 0 aliphatic rings. The molecule has 0 bridgehead atoms. The molecular formula is C6H6BrClF3S. The Balaban J connectivity index is 4.22. The molecule has 0 rings (SSSR count). The third kappa shape index (κ3) is 4.05. The van der Waals surface area contributed by atoms with Crippen molar-refractivity contribution in [3.05, 3.63) is 18.4 Å². The SMILES string of the molecule is [CH2]SCC=CC(F)(Cl)C(F)(F)Br. The van der Waals surface area contributed by atoms with Crippen LogP contribution in [0, 0.1) is 6.26 Å². The molecule has 0 nitrogen and oxygen atoms in total. The number of halogens is 5. The molecule has 0 aliphatic carbocycles. The lowest BCUT2D eigenvalue weighted by atomic mass is 10.3. The topological polar surface area (TPSA) is 0 Å². The maximum Gasteiger partial charge on any atom is 0.352 e. The molecule has 6 heteroatoms. The van der Waals surface area contributed by atoms with E-state index in [1.54, 1.807) is 0 Å². The first-order chi connectivity index (χ1) is 5.31. The number of allylic oxidation sites excluding steroid dienone is 1. The molecule has 0 N–H and O–H groups in total. The molecule has 0 saturated heterocycles. The third-order valence-corrected chi connectivity index (χ3v) is 2.52. The van der Waals surface area contributed by atoms with Gasteiger partial charge >= 0.3 is 4.83 Å². The largest absolute Gasteiger partial charge is 0.352 e. The first kappa shape index (κ1) is 12.7. The van der Waals surface area contributed by atoms with Gasteiger partial charge in [-0.25, -0.2) is 4.39 Å². The van der Waals surface area contributed by atoms with Gasteiger partial charge in [0.1, 0.15) is 0 Å². The highest BCUT2D eigenvalue weighted by Gasteiger charge is 2.49. The Hall–Kier alpha value is 0.650. The summed E-state index contributed by atoms with van der Waals surface area (Å²) in [6, 6.07) is 0. The molecular weight excluding hydrogens is 276 g/mol. The second-order valence-corrected chi connectivity index (χ2v) is 4.18. The summed E-state index contributed by atoms with van der Waals surface area (Å²) in [5, 5.41) is -3.18. The van der Waals surface area contributed by atoms with Crippen molar-refractivity contribution in [2.75, 3.05) is 5.75 Å². The number of rotatable bonds is 4. The average Bonchev–Trinajstić information content (AvgIpc) is 1.85. The molecule has 71 valence electrons. The molecule has 0 saturated carbocycles.